The second-order valence-electron chi connectivity index (χ2n) is 4.09. The van der Waals surface area contributed by atoms with E-state index < -0.39 is 0 Å². The van der Waals surface area contributed by atoms with Gasteiger partial charge in [0.25, 0.3) is 0 Å². The molecule has 14 heavy (non-hydrogen) atoms. The number of hydrogen-bond donors (Lipinski definition) is 1. The van der Waals surface area contributed by atoms with Gasteiger partial charge < -0.3 is 5.32 Å². The number of nitrogens with one attached hydrogen (secondary N) is 1. The van der Waals surface area contributed by atoms with Gasteiger partial charge in [-0.15, -0.1) is 11.3 Å². The van der Waals surface area contributed by atoms with Crippen molar-refractivity contribution in [1.82, 2.24) is 10.3 Å². The number of hydrogen-bond acceptors (Lipinski definition) is 3. The first kappa shape index (κ1) is 10.1. The van der Waals surface area contributed by atoms with E-state index in [1.165, 1.54) is 36.5 Å². The Hall–Kier alpha value is -0.410. The van der Waals surface area contributed by atoms with Crippen molar-refractivity contribution in [2.24, 2.45) is 5.92 Å². The molecule has 1 saturated carbocycles. The molecule has 78 valence electrons. The van der Waals surface area contributed by atoms with Crippen LogP contribution in [0.1, 0.15) is 30.0 Å². The third kappa shape index (κ3) is 3.39. The summed E-state index contributed by atoms with van der Waals surface area (Å²) >= 11 is 1.74. The van der Waals surface area contributed by atoms with Gasteiger partial charge in [-0.05, 0) is 25.8 Å². The predicted octanol–water partition coefficient (Wildman–Crippen LogP) is 2.38. The molecule has 1 aliphatic carbocycles. The maximum Gasteiger partial charge on any atom is 0.0897 e. The molecule has 0 unspecified atom stereocenters. The van der Waals surface area contributed by atoms with Crippen LogP contribution in [-0.2, 0) is 6.42 Å². The Morgan fingerprint density at radius 1 is 1.50 bits per heavy atom. The van der Waals surface area contributed by atoms with E-state index >= 15 is 0 Å². The van der Waals surface area contributed by atoms with Crippen molar-refractivity contribution in [3.8, 4) is 0 Å². The summed E-state index contributed by atoms with van der Waals surface area (Å²) < 4.78 is 0. The molecule has 1 fully saturated rings. The van der Waals surface area contributed by atoms with Crippen molar-refractivity contribution in [2.75, 3.05) is 13.1 Å². The molecule has 0 saturated heterocycles. The third-order valence-corrected chi connectivity index (χ3v) is 3.47. The van der Waals surface area contributed by atoms with Crippen LogP contribution in [0.4, 0.5) is 0 Å². The van der Waals surface area contributed by atoms with E-state index in [1.54, 1.807) is 11.3 Å². The molecule has 0 amide bonds. The molecule has 0 atom stereocenters. The lowest BCUT2D eigenvalue weighted by Crippen LogP contribution is -2.18. The monoisotopic (exact) mass is 210 g/mol. The fourth-order valence-electron chi connectivity index (χ4n) is 1.58. The Balaban J connectivity index is 1.53. The summed E-state index contributed by atoms with van der Waals surface area (Å²) in [7, 11) is 0. The highest BCUT2D eigenvalue weighted by atomic mass is 32.1. The molecular weight excluding hydrogens is 192 g/mol. The van der Waals surface area contributed by atoms with E-state index in [2.05, 4.69) is 22.6 Å². The van der Waals surface area contributed by atoms with Gasteiger partial charge in [-0.3, -0.25) is 0 Å². The Kier molecular flexibility index (Phi) is 3.54. The largest absolute Gasteiger partial charge is 0.316 e. The van der Waals surface area contributed by atoms with E-state index in [-0.39, 0.29) is 0 Å². The van der Waals surface area contributed by atoms with Crippen molar-refractivity contribution in [2.45, 2.75) is 32.6 Å². The fourth-order valence-corrected chi connectivity index (χ4v) is 2.22. The second kappa shape index (κ2) is 4.89. The second-order valence-corrected chi connectivity index (χ2v) is 5.15. The summed E-state index contributed by atoms with van der Waals surface area (Å²) in [4.78, 5) is 4.43. The molecule has 0 bridgehead atoms. The highest BCUT2D eigenvalue weighted by Crippen LogP contribution is 2.31. The van der Waals surface area contributed by atoms with E-state index in [0.717, 1.165) is 18.9 Å². The van der Waals surface area contributed by atoms with Gasteiger partial charge in [0.1, 0.15) is 0 Å². The van der Waals surface area contributed by atoms with Crippen LogP contribution in [0.15, 0.2) is 5.38 Å². The lowest BCUT2D eigenvalue weighted by Gasteiger charge is -2.01. The Morgan fingerprint density at radius 3 is 3.00 bits per heavy atom. The summed E-state index contributed by atoms with van der Waals surface area (Å²) in [5.41, 5.74) is 1.24. The molecule has 3 heteroatoms. The summed E-state index contributed by atoms with van der Waals surface area (Å²) in [6, 6.07) is 0. The van der Waals surface area contributed by atoms with E-state index in [4.69, 9.17) is 0 Å². The number of aryl methyl sites for hydroxylation is 1. The minimum atomic E-state index is 1.05. The Labute approximate surface area is 89.8 Å². The van der Waals surface area contributed by atoms with Crippen LogP contribution >= 0.6 is 11.3 Å². The number of thiazole rings is 1. The number of aromatic nitrogens is 1. The van der Waals surface area contributed by atoms with Crippen LogP contribution in [0.5, 0.6) is 0 Å². The molecule has 0 aromatic carbocycles. The topological polar surface area (TPSA) is 24.9 Å². The SMILES string of the molecule is Cc1nc(CCNCCC2CC2)cs1. The number of nitrogens with zero attached hydrogens (tertiary/aromatic N) is 1. The maximum atomic E-state index is 4.43. The van der Waals surface area contributed by atoms with Gasteiger partial charge in [0.05, 0.1) is 10.7 Å². The average Bonchev–Trinajstić information content (AvgIpc) is 2.89. The van der Waals surface area contributed by atoms with Crippen LogP contribution < -0.4 is 5.32 Å². The molecule has 1 N–H and O–H groups in total. The first-order chi connectivity index (χ1) is 6.84. The standard InChI is InChI=1S/C11H18N2S/c1-9-13-11(8-14-9)5-7-12-6-4-10-2-3-10/h8,10,12H,2-7H2,1H3. The molecule has 0 aliphatic heterocycles. The molecule has 1 heterocycles. The van der Waals surface area contributed by atoms with Crippen molar-refractivity contribution in [1.29, 1.82) is 0 Å². The fraction of sp³-hybridized carbons (Fsp3) is 0.727. The number of rotatable bonds is 6. The molecule has 2 rings (SSSR count). The van der Waals surface area contributed by atoms with Gasteiger partial charge in [0.15, 0.2) is 0 Å². The zero-order valence-electron chi connectivity index (χ0n) is 8.75. The quantitative estimate of drug-likeness (QED) is 0.729. The lowest BCUT2D eigenvalue weighted by molar-refractivity contribution is 0.611. The molecule has 1 aromatic rings. The highest BCUT2D eigenvalue weighted by molar-refractivity contribution is 7.09. The molecule has 1 aromatic heterocycles. The van der Waals surface area contributed by atoms with Crippen molar-refractivity contribution >= 4 is 11.3 Å². The van der Waals surface area contributed by atoms with Crippen molar-refractivity contribution < 1.29 is 0 Å². The normalized spacial score (nSPS) is 16.1. The van der Waals surface area contributed by atoms with Crippen molar-refractivity contribution in [3.05, 3.63) is 16.1 Å². The summed E-state index contributed by atoms with van der Waals surface area (Å²) in [5, 5.41) is 6.82. The summed E-state index contributed by atoms with van der Waals surface area (Å²) in [5.74, 6) is 1.05. The Bertz CT molecular complexity index is 279. The van der Waals surface area contributed by atoms with Crippen LogP contribution in [0.25, 0.3) is 0 Å². The van der Waals surface area contributed by atoms with Crippen LogP contribution in [0.2, 0.25) is 0 Å². The predicted molar refractivity (Wildman–Crippen MR) is 60.8 cm³/mol. The van der Waals surface area contributed by atoms with E-state index in [1.807, 2.05) is 0 Å². The summed E-state index contributed by atoms with van der Waals surface area (Å²) in [6.45, 7) is 4.33. The molecule has 0 spiro atoms. The van der Waals surface area contributed by atoms with Crippen LogP contribution in [0, 0.1) is 12.8 Å². The van der Waals surface area contributed by atoms with Gasteiger partial charge in [0, 0.05) is 18.3 Å². The van der Waals surface area contributed by atoms with E-state index in [0.29, 0.717) is 0 Å². The van der Waals surface area contributed by atoms with Gasteiger partial charge in [-0.1, -0.05) is 12.8 Å². The molecular formula is C11H18N2S. The first-order valence-electron chi connectivity index (χ1n) is 5.46. The highest BCUT2D eigenvalue weighted by Gasteiger charge is 2.19. The van der Waals surface area contributed by atoms with Gasteiger partial charge in [-0.25, -0.2) is 4.98 Å². The maximum absolute atomic E-state index is 4.43. The molecule has 2 nitrogen and oxygen atoms in total. The summed E-state index contributed by atoms with van der Waals surface area (Å²) in [6.07, 6.45) is 5.38. The minimum absolute atomic E-state index is 1.05. The lowest BCUT2D eigenvalue weighted by atomic mass is 10.3. The smallest absolute Gasteiger partial charge is 0.0897 e. The first-order valence-corrected chi connectivity index (χ1v) is 6.34. The third-order valence-electron chi connectivity index (χ3n) is 2.65. The van der Waals surface area contributed by atoms with Gasteiger partial charge in [0.2, 0.25) is 0 Å². The zero-order valence-corrected chi connectivity index (χ0v) is 9.57. The Morgan fingerprint density at radius 2 is 2.36 bits per heavy atom. The van der Waals surface area contributed by atoms with Crippen LogP contribution in [0.3, 0.4) is 0 Å². The van der Waals surface area contributed by atoms with E-state index in [9.17, 15) is 0 Å². The average molecular weight is 210 g/mol. The zero-order chi connectivity index (χ0) is 9.80. The van der Waals surface area contributed by atoms with Gasteiger partial charge in [-0.2, -0.15) is 0 Å². The van der Waals surface area contributed by atoms with Gasteiger partial charge >= 0.3 is 0 Å². The van der Waals surface area contributed by atoms with Crippen molar-refractivity contribution in [3.63, 3.8) is 0 Å². The van der Waals surface area contributed by atoms with Crippen LogP contribution in [-0.4, -0.2) is 18.1 Å². The molecule has 1 aliphatic rings. The molecule has 0 radical (unpaired) electrons. The minimum Gasteiger partial charge on any atom is -0.316 e.